The number of aromatic carboxylic acids is 1. The first kappa shape index (κ1) is 18.8. The number of halogens is 1. The Labute approximate surface area is 148 Å². The number of carbonyl (C=O) groups is 3. The molecular weight excluding hydrogens is 354 g/mol. The highest BCUT2D eigenvalue weighted by Crippen LogP contribution is 2.35. The number of rotatable bonds is 4. The minimum atomic E-state index is -1.22. The Morgan fingerprint density at radius 2 is 1.84 bits per heavy atom. The molecule has 1 aromatic rings. The quantitative estimate of drug-likeness (QED) is 0.801. The molecule has 0 aromatic heterocycles. The fraction of sp³-hybridized carbons (Fsp3) is 0.312. The fourth-order valence-electron chi connectivity index (χ4n) is 2.52. The van der Waals surface area contributed by atoms with Gasteiger partial charge in [-0.1, -0.05) is 11.6 Å². The third-order valence-corrected chi connectivity index (χ3v) is 4.11. The number of methoxy groups -OCH3 is 2. The van der Waals surface area contributed by atoms with Crippen LogP contribution < -0.4 is 4.90 Å². The predicted octanol–water partition coefficient (Wildman–Crippen LogP) is 1.74. The second-order valence-corrected chi connectivity index (χ2v) is 5.50. The number of benzene rings is 1. The van der Waals surface area contributed by atoms with Crippen LogP contribution in [0.25, 0.3) is 0 Å². The van der Waals surface area contributed by atoms with E-state index in [4.69, 9.17) is 21.1 Å². The maximum absolute atomic E-state index is 12.3. The summed E-state index contributed by atoms with van der Waals surface area (Å²) in [6, 6.07) is 2.76. The Morgan fingerprint density at radius 1 is 1.20 bits per heavy atom. The van der Waals surface area contributed by atoms with Crippen molar-refractivity contribution >= 4 is 35.2 Å². The molecule has 0 bridgehead atoms. The molecule has 1 aliphatic heterocycles. The number of hydrogen-bond acceptors (Lipinski definition) is 7. The van der Waals surface area contributed by atoms with Crippen molar-refractivity contribution in [2.45, 2.75) is 6.92 Å². The van der Waals surface area contributed by atoms with Crippen LogP contribution in [0.15, 0.2) is 23.4 Å². The van der Waals surface area contributed by atoms with E-state index in [-0.39, 0.29) is 35.9 Å². The third kappa shape index (κ3) is 3.45. The van der Waals surface area contributed by atoms with Gasteiger partial charge in [-0.2, -0.15) is 0 Å². The van der Waals surface area contributed by atoms with E-state index in [0.29, 0.717) is 10.6 Å². The predicted molar refractivity (Wildman–Crippen MR) is 87.5 cm³/mol. The maximum Gasteiger partial charge on any atom is 0.355 e. The topological polar surface area (TPSA) is 102 Å². The number of hydrogen-bond donors (Lipinski definition) is 1. The second-order valence-electron chi connectivity index (χ2n) is 5.09. The van der Waals surface area contributed by atoms with Gasteiger partial charge in [0.15, 0.2) is 0 Å². The Morgan fingerprint density at radius 3 is 2.40 bits per heavy atom. The summed E-state index contributed by atoms with van der Waals surface area (Å²) in [5, 5.41) is 9.78. The van der Waals surface area contributed by atoms with Crippen molar-refractivity contribution in [3.8, 4) is 0 Å². The zero-order valence-corrected chi connectivity index (χ0v) is 14.5. The van der Waals surface area contributed by atoms with Gasteiger partial charge in [0.25, 0.3) is 0 Å². The summed E-state index contributed by atoms with van der Waals surface area (Å²) in [4.78, 5) is 37.2. The van der Waals surface area contributed by atoms with Crippen LogP contribution in [0.4, 0.5) is 5.69 Å². The van der Waals surface area contributed by atoms with Crippen LogP contribution in [0.5, 0.6) is 0 Å². The molecule has 0 spiro atoms. The fourth-order valence-corrected chi connectivity index (χ4v) is 2.67. The van der Waals surface area contributed by atoms with E-state index in [1.807, 2.05) is 0 Å². The maximum atomic E-state index is 12.3. The van der Waals surface area contributed by atoms with Crippen LogP contribution in [0.1, 0.15) is 15.9 Å². The lowest BCUT2D eigenvalue weighted by molar-refractivity contribution is -0.140. The van der Waals surface area contributed by atoms with E-state index in [0.717, 1.165) is 14.2 Å². The Hall–Kier alpha value is -2.58. The van der Waals surface area contributed by atoms with Crippen molar-refractivity contribution in [3.05, 3.63) is 39.6 Å². The molecule has 1 N–H and O–H groups in total. The Balaban J connectivity index is 2.76. The lowest BCUT2D eigenvalue weighted by atomic mass is 10.0. The van der Waals surface area contributed by atoms with Crippen LogP contribution in [0.3, 0.4) is 0 Å². The summed E-state index contributed by atoms with van der Waals surface area (Å²) in [5.74, 6) is -2.81. The van der Waals surface area contributed by atoms with E-state index in [2.05, 4.69) is 4.74 Å². The normalized spacial score (nSPS) is 14.3. The number of nitrogens with zero attached hydrogens (tertiary/aromatic N) is 1. The number of carboxylic acids is 1. The van der Waals surface area contributed by atoms with Crippen LogP contribution in [-0.2, 0) is 23.8 Å². The molecule has 0 aliphatic carbocycles. The van der Waals surface area contributed by atoms with Gasteiger partial charge in [-0.15, -0.1) is 0 Å². The highest BCUT2D eigenvalue weighted by molar-refractivity contribution is 6.32. The van der Waals surface area contributed by atoms with Gasteiger partial charge in [-0.3, -0.25) is 0 Å². The van der Waals surface area contributed by atoms with Crippen molar-refractivity contribution in [2.24, 2.45) is 0 Å². The first-order chi connectivity index (χ1) is 11.8. The summed E-state index contributed by atoms with van der Waals surface area (Å²) < 4.78 is 14.8. The molecule has 134 valence electrons. The van der Waals surface area contributed by atoms with E-state index in [1.54, 1.807) is 6.92 Å². The molecule has 0 fully saturated rings. The molecule has 0 saturated heterocycles. The molecule has 0 unspecified atom stereocenters. The molecule has 1 heterocycles. The van der Waals surface area contributed by atoms with Crippen molar-refractivity contribution in [1.29, 1.82) is 0 Å². The average Bonchev–Trinajstić information content (AvgIpc) is 2.61. The van der Waals surface area contributed by atoms with Crippen LogP contribution in [-0.4, -0.2) is 50.6 Å². The average molecular weight is 370 g/mol. The first-order valence-corrected chi connectivity index (χ1v) is 7.48. The summed E-state index contributed by atoms with van der Waals surface area (Å²) in [6.45, 7) is 1.27. The molecule has 0 radical (unpaired) electrons. The van der Waals surface area contributed by atoms with Crippen molar-refractivity contribution in [1.82, 2.24) is 0 Å². The molecule has 0 saturated carbocycles. The SMILES string of the molecule is COC(=O)C1=C(C(=O)OC)N(c2c(C(=O)O)ccc(Cl)c2C)COC1. The van der Waals surface area contributed by atoms with Crippen molar-refractivity contribution in [3.63, 3.8) is 0 Å². The number of carbonyl (C=O) groups excluding carboxylic acids is 2. The molecule has 25 heavy (non-hydrogen) atoms. The molecular formula is C16H16ClNO7. The summed E-state index contributed by atoms with van der Waals surface area (Å²) in [7, 11) is 2.32. The summed E-state index contributed by atoms with van der Waals surface area (Å²) in [5.41, 5.74) is 0.238. The largest absolute Gasteiger partial charge is 0.478 e. The second kappa shape index (κ2) is 7.54. The number of carboxylic acid groups (broad SMARTS) is 1. The first-order valence-electron chi connectivity index (χ1n) is 7.10. The van der Waals surface area contributed by atoms with E-state index < -0.39 is 17.9 Å². The van der Waals surface area contributed by atoms with Crippen LogP contribution in [0, 0.1) is 6.92 Å². The minimum absolute atomic E-state index is 0.0729. The molecule has 0 atom stereocenters. The van der Waals surface area contributed by atoms with Gasteiger partial charge in [-0.25, -0.2) is 14.4 Å². The lowest BCUT2D eigenvalue weighted by Gasteiger charge is -2.33. The van der Waals surface area contributed by atoms with Crippen molar-refractivity contribution < 1.29 is 33.7 Å². The zero-order chi connectivity index (χ0) is 18.7. The molecule has 9 heteroatoms. The molecule has 1 aliphatic rings. The summed E-state index contributed by atoms with van der Waals surface area (Å²) in [6.07, 6.45) is 0. The zero-order valence-electron chi connectivity index (χ0n) is 13.8. The van der Waals surface area contributed by atoms with Crippen LogP contribution in [0.2, 0.25) is 5.02 Å². The number of ether oxygens (including phenoxy) is 3. The molecule has 8 nitrogen and oxygen atoms in total. The monoisotopic (exact) mass is 369 g/mol. The third-order valence-electron chi connectivity index (χ3n) is 3.70. The van der Waals surface area contributed by atoms with Gasteiger partial charge in [-0.05, 0) is 24.6 Å². The van der Waals surface area contributed by atoms with E-state index in [1.165, 1.54) is 17.0 Å². The van der Waals surface area contributed by atoms with Gasteiger partial charge < -0.3 is 24.2 Å². The standard InChI is InChI=1S/C16H16ClNO7/c1-8-11(17)5-4-9(14(19)20)12(8)18-7-25-6-10(15(21)23-2)13(18)16(22)24-3/h4-5H,6-7H2,1-3H3,(H,19,20). The summed E-state index contributed by atoms with van der Waals surface area (Å²) >= 11 is 6.11. The van der Waals surface area contributed by atoms with Gasteiger partial charge >= 0.3 is 17.9 Å². The van der Waals surface area contributed by atoms with Gasteiger partial charge in [0, 0.05) is 5.02 Å². The number of esters is 2. The van der Waals surface area contributed by atoms with Crippen molar-refractivity contribution in [2.75, 3.05) is 32.5 Å². The lowest BCUT2D eigenvalue weighted by Crippen LogP contribution is -2.39. The Bertz CT molecular complexity index is 772. The van der Waals surface area contributed by atoms with E-state index in [9.17, 15) is 19.5 Å². The molecule has 1 aromatic carbocycles. The van der Waals surface area contributed by atoms with Gasteiger partial charge in [0.2, 0.25) is 0 Å². The highest BCUT2D eigenvalue weighted by atomic mass is 35.5. The van der Waals surface area contributed by atoms with Crippen LogP contribution >= 0.6 is 11.6 Å². The Kier molecular flexibility index (Phi) is 5.66. The number of anilines is 1. The van der Waals surface area contributed by atoms with E-state index >= 15 is 0 Å². The molecule has 0 amide bonds. The van der Waals surface area contributed by atoms with Gasteiger partial charge in [0.05, 0.1) is 37.7 Å². The molecule has 2 rings (SSSR count). The van der Waals surface area contributed by atoms with Gasteiger partial charge in [0.1, 0.15) is 12.4 Å². The highest BCUT2D eigenvalue weighted by Gasteiger charge is 2.35. The minimum Gasteiger partial charge on any atom is -0.478 e. The smallest absolute Gasteiger partial charge is 0.355 e.